The molecule has 0 radical (unpaired) electrons. The minimum Gasteiger partial charge on any atom is -0.310 e. The van der Waals surface area contributed by atoms with E-state index in [0.717, 1.165) is 12.1 Å². The summed E-state index contributed by atoms with van der Waals surface area (Å²) in [7, 11) is 0. The number of nitrogens with one attached hydrogen (secondary N) is 1. The monoisotopic (exact) mass is 237 g/mol. The molecule has 0 bridgehead atoms. The summed E-state index contributed by atoms with van der Waals surface area (Å²) in [6.07, 6.45) is 5.63. The Kier molecular flexibility index (Phi) is 3.18. The van der Waals surface area contributed by atoms with Crippen LogP contribution in [0.15, 0.2) is 0 Å². The van der Waals surface area contributed by atoms with Crippen LogP contribution >= 0.6 is 0 Å². The van der Waals surface area contributed by atoms with Crippen LogP contribution in [0.25, 0.3) is 0 Å². The molecule has 0 amide bonds. The highest BCUT2D eigenvalue weighted by atomic mass is 15.3. The van der Waals surface area contributed by atoms with Crippen molar-refractivity contribution in [3.63, 3.8) is 0 Å². The smallest absolute Gasteiger partial charge is 0.0280 e. The Morgan fingerprint density at radius 2 is 1.59 bits per heavy atom. The predicted octanol–water partition coefficient (Wildman–Crippen LogP) is 1.30. The molecule has 0 spiro atoms. The number of piperidine rings is 1. The van der Waals surface area contributed by atoms with E-state index in [2.05, 4.69) is 29.0 Å². The van der Waals surface area contributed by atoms with E-state index in [1.165, 1.54) is 58.4 Å². The fourth-order valence-electron chi connectivity index (χ4n) is 3.68. The van der Waals surface area contributed by atoms with Crippen molar-refractivity contribution in [1.82, 2.24) is 15.1 Å². The van der Waals surface area contributed by atoms with Crippen LogP contribution in [-0.2, 0) is 0 Å². The first-order valence-corrected chi connectivity index (χ1v) is 7.40. The fraction of sp³-hybridized carbons (Fsp3) is 1.00. The molecular formula is C14H27N3. The lowest BCUT2D eigenvalue weighted by Gasteiger charge is -2.48. The molecule has 0 aromatic carbocycles. The lowest BCUT2D eigenvalue weighted by molar-refractivity contribution is 0.0363. The molecule has 1 unspecified atom stereocenters. The van der Waals surface area contributed by atoms with Crippen LogP contribution in [0.4, 0.5) is 0 Å². The van der Waals surface area contributed by atoms with E-state index < -0.39 is 0 Å². The molecule has 3 fully saturated rings. The van der Waals surface area contributed by atoms with Crippen molar-refractivity contribution in [3.8, 4) is 0 Å². The van der Waals surface area contributed by atoms with Gasteiger partial charge in [0.15, 0.2) is 0 Å². The van der Waals surface area contributed by atoms with Gasteiger partial charge in [0.25, 0.3) is 0 Å². The predicted molar refractivity (Wildman–Crippen MR) is 71.3 cm³/mol. The maximum Gasteiger partial charge on any atom is 0.0280 e. The minimum absolute atomic E-state index is 0.306. The molecule has 0 aromatic heterocycles. The molecule has 3 heteroatoms. The van der Waals surface area contributed by atoms with Crippen molar-refractivity contribution < 1.29 is 0 Å². The van der Waals surface area contributed by atoms with Gasteiger partial charge in [0.1, 0.15) is 0 Å². The molecular weight excluding hydrogens is 210 g/mol. The standard InChI is InChI=1S/C14H27N3/c1-14(2)13(4-3-7-15-14)17-10-8-16(9-11-17)12-5-6-12/h12-13,15H,3-11H2,1-2H3. The van der Waals surface area contributed by atoms with Gasteiger partial charge in [-0.05, 0) is 46.1 Å². The average Bonchev–Trinajstić information content (AvgIpc) is 3.13. The van der Waals surface area contributed by atoms with Crippen molar-refractivity contribution >= 4 is 0 Å². The molecule has 1 N–H and O–H groups in total. The van der Waals surface area contributed by atoms with Crippen molar-refractivity contribution in [2.45, 2.75) is 57.2 Å². The quantitative estimate of drug-likeness (QED) is 0.781. The minimum atomic E-state index is 0.306. The summed E-state index contributed by atoms with van der Waals surface area (Å²) in [6.45, 7) is 11.1. The van der Waals surface area contributed by atoms with Gasteiger partial charge < -0.3 is 5.32 Å². The molecule has 1 saturated carbocycles. The Morgan fingerprint density at radius 1 is 0.941 bits per heavy atom. The summed E-state index contributed by atoms with van der Waals surface area (Å²) in [5, 5.41) is 3.70. The zero-order chi connectivity index (χ0) is 11.9. The summed E-state index contributed by atoms with van der Waals surface area (Å²) in [4.78, 5) is 5.45. The molecule has 2 saturated heterocycles. The first kappa shape index (κ1) is 11.9. The van der Waals surface area contributed by atoms with E-state index in [1.54, 1.807) is 0 Å². The summed E-state index contributed by atoms with van der Waals surface area (Å²) in [6, 6.07) is 1.70. The third kappa shape index (κ3) is 2.51. The van der Waals surface area contributed by atoms with Crippen molar-refractivity contribution in [2.75, 3.05) is 32.7 Å². The second-order valence-corrected chi connectivity index (χ2v) is 6.61. The van der Waals surface area contributed by atoms with Gasteiger partial charge >= 0.3 is 0 Å². The van der Waals surface area contributed by atoms with Gasteiger partial charge in [0, 0.05) is 43.8 Å². The molecule has 1 atom stereocenters. The maximum atomic E-state index is 3.70. The molecule has 3 aliphatic rings. The van der Waals surface area contributed by atoms with Crippen LogP contribution in [0.5, 0.6) is 0 Å². The molecule has 2 aliphatic heterocycles. The highest BCUT2D eigenvalue weighted by Gasteiger charge is 2.38. The average molecular weight is 237 g/mol. The molecule has 3 nitrogen and oxygen atoms in total. The van der Waals surface area contributed by atoms with Gasteiger partial charge in [0.05, 0.1) is 0 Å². The number of hydrogen-bond donors (Lipinski definition) is 1. The number of hydrogen-bond acceptors (Lipinski definition) is 3. The largest absolute Gasteiger partial charge is 0.310 e. The third-order valence-corrected chi connectivity index (χ3v) is 4.92. The van der Waals surface area contributed by atoms with Crippen LogP contribution in [0.2, 0.25) is 0 Å². The van der Waals surface area contributed by atoms with E-state index in [1.807, 2.05) is 0 Å². The number of rotatable bonds is 2. The summed E-state index contributed by atoms with van der Waals surface area (Å²) < 4.78 is 0. The molecule has 98 valence electrons. The Balaban J connectivity index is 1.57. The topological polar surface area (TPSA) is 18.5 Å². The summed E-state index contributed by atoms with van der Waals surface area (Å²) >= 11 is 0. The maximum absolute atomic E-state index is 3.70. The first-order valence-electron chi connectivity index (χ1n) is 7.40. The zero-order valence-electron chi connectivity index (χ0n) is 11.4. The zero-order valence-corrected chi connectivity index (χ0v) is 11.4. The molecule has 3 rings (SSSR count). The van der Waals surface area contributed by atoms with E-state index in [0.29, 0.717) is 5.54 Å². The van der Waals surface area contributed by atoms with E-state index in [4.69, 9.17) is 0 Å². The molecule has 1 aliphatic carbocycles. The third-order valence-electron chi connectivity index (χ3n) is 4.92. The van der Waals surface area contributed by atoms with Gasteiger partial charge in [-0.25, -0.2) is 0 Å². The number of nitrogens with zero attached hydrogens (tertiary/aromatic N) is 2. The highest BCUT2D eigenvalue weighted by Crippen LogP contribution is 2.30. The summed E-state index contributed by atoms with van der Waals surface area (Å²) in [5.74, 6) is 0. The molecule has 0 aromatic rings. The fourth-order valence-corrected chi connectivity index (χ4v) is 3.68. The second kappa shape index (κ2) is 4.52. The van der Waals surface area contributed by atoms with Crippen molar-refractivity contribution in [3.05, 3.63) is 0 Å². The van der Waals surface area contributed by atoms with Gasteiger partial charge in [0.2, 0.25) is 0 Å². The second-order valence-electron chi connectivity index (χ2n) is 6.61. The number of piperazine rings is 1. The molecule has 17 heavy (non-hydrogen) atoms. The van der Waals surface area contributed by atoms with Crippen molar-refractivity contribution in [1.29, 1.82) is 0 Å². The van der Waals surface area contributed by atoms with E-state index in [9.17, 15) is 0 Å². The van der Waals surface area contributed by atoms with Crippen LogP contribution in [0.1, 0.15) is 39.5 Å². The van der Waals surface area contributed by atoms with E-state index >= 15 is 0 Å². The van der Waals surface area contributed by atoms with Crippen LogP contribution in [-0.4, -0.2) is 60.1 Å². The SMILES string of the molecule is CC1(C)NCCCC1N1CCN(C2CC2)CC1. The Labute approximate surface area is 106 Å². The van der Waals surface area contributed by atoms with E-state index in [-0.39, 0.29) is 0 Å². The Morgan fingerprint density at radius 3 is 2.18 bits per heavy atom. The van der Waals surface area contributed by atoms with Crippen molar-refractivity contribution in [2.24, 2.45) is 0 Å². The first-order chi connectivity index (χ1) is 8.17. The normalized spacial score (nSPS) is 36.0. The Bertz CT molecular complexity index is 265. The van der Waals surface area contributed by atoms with Crippen LogP contribution in [0, 0.1) is 0 Å². The van der Waals surface area contributed by atoms with Crippen LogP contribution < -0.4 is 5.32 Å². The lowest BCUT2D eigenvalue weighted by Crippen LogP contribution is -2.63. The van der Waals surface area contributed by atoms with Gasteiger partial charge in [-0.2, -0.15) is 0 Å². The highest BCUT2D eigenvalue weighted by molar-refractivity contribution is 4.98. The summed E-state index contributed by atoms with van der Waals surface area (Å²) in [5.41, 5.74) is 0.306. The van der Waals surface area contributed by atoms with Gasteiger partial charge in [-0.15, -0.1) is 0 Å². The van der Waals surface area contributed by atoms with Crippen LogP contribution in [0.3, 0.4) is 0 Å². The molecule has 2 heterocycles. The Hall–Kier alpha value is -0.120. The van der Waals surface area contributed by atoms with Gasteiger partial charge in [-0.1, -0.05) is 0 Å². The lowest BCUT2D eigenvalue weighted by atomic mass is 9.85. The van der Waals surface area contributed by atoms with Gasteiger partial charge in [-0.3, -0.25) is 9.80 Å².